The molecule has 32 heavy (non-hydrogen) atoms. The van der Waals surface area contributed by atoms with Crippen LogP contribution < -0.4 is 24.8 Å². The quantitative estimate of drug-likeness (QED) is 0.533. The first kappa shape index (κ1) is 25.5. The van der Waals surface area contributed by atoms with E-state index in [1.165, 1.54) is 21.3 Å². The van der Waals surface area contributed by atoms with Crippen LogP contribution in [0.1, 0.15) is 35.8 Å². The first-order chi connectivity index (χ1) is 15.2. The van der Waals surface area contributed by atoms with Gasteiger partial charge in [0, 0.05) is 12.1 Å². The standard InChI is InChI=1S/C23H33N3O5S/c1-14(2)20(23(28)24-12-17(26(3)4)15-8-9-32-13-15)25-22(27)16-10-18(29-5)21(31-7)19(11-16)30-6/h8-11,13-14,17,20H,12H2,1-7H3,(H,24,28)(H,25,27). The van der Waals surface area contributed by atoms with Crippen molar-refractivity contribution < 1.29 is 23.8 Å². The van der Waals surface area contributed by atoms with Crippen LogP contribution in [0, 0.1) is 5.92 Å². The lowest BCUT2D eigenvalue weighted by Gasteiger charge is -2.27. The Kier molecular flexibility index (Phi) is 9.34. The van der Waals surface area contributed by atoms with Gasteiger partial charge in [0.2, 0.25) is 11.7 Å². The molecule has 0 aliphatic carbocycles. The molecule has 2 atom stereocenters. The molecule has 2 rings (SSSR count). The molecule has 2 N–H and O–H groups in total. The van der Waals surface area contributed by atoms with Crippen LogP contribution in [0.5, 0.6) is 17.2 Å². The molecule has 0 fully saturated rings. The zero-order valence-electron chi connectivity index (χ0n) is 19.7. The van der Waals surface area contributed by atoms with Crippen LogP contribution in [-0.4, -0.2) is 64.7 Å². The maximum absolute atomic E-state index is 13.0. The van der Waals surface area contributed by atoms with E-state index in [1.54, 1.807) is 23.5 Å². The SMILES string of the molecule is COc1cc(C(=O)NC(C(=O)NCC(c2ccsc2)N(C)C)C(C)C)cc(OC)c1OC. The van der Waals surface area contributed by atoms with Crippen LogP contribution in [0.2, 0.25) is 0 Å². The van der Waals surface area contributed by atoms with E-state index in [0.29, 0.717) is 29.4 Å². The van der Waals surface area contributed by atoms with Gasteiger partial charge in [-0.05, 0) is 54.5 Å². The van der Waals surface area contributed by atoms with Crippen molar-refractivity contribution in [3.63, 3.8) is 0 Å². The Morgan fingerprint density at radius 3 is 2.12 bits per heavy atom. The van der Waals surface area contributed by atoms with Gasteiger partial charge in [-0.25, -0.2) is 0 Å². The lowest BCUT2D eigenvalue weighted by molar-refractivity contribution is -0.124. The van der Waals surface area contributed by atoms with Crippen molar-refractivity contribution in [2.45, 2.75) is 25.9 Å². The average molecular weight is 464 g/mol. The van der Waals surface area contributed by atoms with E-state index in [1.807, 2.05) is 39.4 Å². The van der Waals surface area contributed by atoms with E-state index >= 15 is 0 Å². The van der Waals surface area contributed by atoms with Crippen molar-refractivity contribution in [3.05, 3.63) is 40.1 Å². The van der Waals surface area contributed by atoms with Crippen molar-refractivity contribution in [1.29, 1.82) is 0 Å². The Bertz CT molecular complexity index is 874. The lowest BCUT2D eigenvalue weighted by Crippen LogP contribution is -2.51. The summed E-state index contributed by atoms with van der Waals surface area (Å²) in [4.78, 5) is 28.0. The highest BCUT2D eigenvalue weighted by atomic mass is 32.1. The topological polar surface area (TPSA) is 89.1 Å². The summed E-state index contributed by atoms with van der Waals surface area (Å²) in [6, 6.07) is 4.51. The summed E-state index contributed by atoms with van der Waals surface area (Å²) in [5, 5.41) is 9.93. The number of hydrogen-bond acceptors (Lipinski definition) is 7. The van der Waals surface area contributed by atoms with Crippen LogP contribution in [0.25, 0.3) is 0 Å². The van der Waals surface area contributed by atoms with Crippen molar-refractivity contribution in [2.24, 2.45) is 5.92 Å². The predicted molar refractivity (Wildman–Crippen MR) is 126 cm³/mol. The van der Waals surface area contributed by atoms with Gasteiger partial charge in [0.1, 0.15) is 6.04 Å². The smallest absolute Gasteiger partial charge is 0.252 e. The highest BCUT2D eigenvalue weighted by Gasteiger charge is 2.27. The third kappa shape index (κ3) is 6.14. The summed E-state index contributed by atoms with van der Waals surface area (Å²) in [6.07, 6.45) is 0. The zero-order valence-corrected chi connectivity index (χ0v) is 20.5. The van der Waals surface area contributed by atoms with Crippen molar-refractivity contribution in [3.8, 4) is 17.2 Å². The number of thiophene rings is 1. The largest absolute Gasteiger partial charge is 0.493 e. The van der Waals surface area contributed by atoms with Gasteiger partial charge in [-0.1, -0.05) is 13.8 Å². The number of likely N-dealkylation sites (N-methyl/N-ethyl adjacent to an activating group) is 1. The van der Waals surface area contributed by atoms with E-state index in [0.717, 1.165) is 5.56 Å². The molecule has 2 unspecified atom stereocenters. The molecule has 9 heteroatoms. The fraction of sp³-hybridized carbons (Fsp3) is 0.478. The maximum atomic E-state index is 13.0. The molecule has 0 radical (unpaired) electrons. The number of carbonyl (C=O) groups excluding carboxylic acids is 2. The monoisotopic (exact) mass is 463 g/mol. The van der Waals surface area contributed by atoms with E-state index in [-0.39, 0.29) is 17.9 Å². The molecular weight excluding hydrogens is 430 g/mol. The normalized spacial score (nSPS) is 12.9. The summed E-state index contributed by atoms with van der Waals surface area (Å²) < 4.78 is 16.0. The summed E-state index contributed by atoms with van der Waals surface area (Å²) in [5.74, 6) is 0.384. The van der Waals surface area contributed by atoms with E-state index in [9.17, 15) is 9.59 Å². The highest BCUT2D eigenvalue weighted by molar-refractivity contribution is 7.08. The second-order valence-electron chi connectivity index (χ2n) is 7.89. The first-order valence-corrected chi connectivity index (χ1v) is 11.2. The Hall–Kier alpha value is -2.78. The minimum absolute atomic E-state index is 0.0452. The maximum Gasteiger partial charge on any atom is 0.252 e. The van der Waals surface area contributed by atoms with Crippen LogP contribution in [-0.2, 0) is 4.79 Å². The Labute approximate surface area is 193 Å². The van der Waals surface area contributed by atoms with Crippen molar-refractivity contribution in [1.82, 2.24) is 15.5 Å². The van der Waals surface area contributed by atoms with Gasteiger partial charge < -0.3 is 29.7 Å². The van der Waals surface area contributed by atoms with Gasteiger partial charge in [-0.15, -0.1) is 0 Å². The van der Waals surface area contributed by atoms with Crippen LogP contribution in [0.3, 0.4) is 0 Å². The van der Waals surface area contributed by atoms with E-state index < -0.39 is 11.9 Å². The molecule has 1 aromatic heterocycles. The molecule has 0 saturated carbocycles. The molecule has 8 nitrogen and oxygen atoms in total. The fourth-order valence-electron chi connectivity index (χ4n) is 3.34. The van der Waals surface area contributed by atoms with Gasteiger partial charge in [0.25, 0.3) is 5.91 Å². The summed E-state index contributed by atoms with van der Waals surface area (Å²) in [5.41, 5.74) is 1.45. The number of methoxy groups -OCH3 is 3. The van der Waals surface area contributed by atoms with Gasteiger partial charge in [0.15, 0.2) is 11.5 Å². The molecule has 0 spiro atoms. The number of nitrogens with one attached hydrogen (secondary N) is 2. The third-order valence-corrected chi connectivity index (χ3v) is 5.89. The third-order valence-electron chi connectivity index (χ3n) is 5.18. The predicted octanol–water partition coefficient (Wildman–Crippen LogP) is 2.95. The minimum Gasteiger partial charge on any atom is -0.493 e. The van der Waals surface area contributed by atoms with E-state index in [2.05, 4.69) is 20.9 Å². The molecule has 176 valence electrons. The number of carbonyl (C=O) groups is 2. The number of nitrogens with zero attached hydrogens (tertiary/aromatic N) is 1. The first-order valence-electron chi connectivity index (χ1n) is 10.3. The Balaban J connectivity index is 2.15. The molecule has 0 saturated heterocycles. The molecule has 0 bridgehead atoms. The number of rotatable bonds is 11. The number of ether oxygens (including phenoxy) is 3. The number of hydrogen-bond donors (Lipinski definition) is 2. The molecule has 2 aromatic rings. The molecule has 0 aliphatic rings. The van der Waals surface area contributed by atoms with Gasteiger partial charge >= 0.3 is 0 Å². The molecule has 1 aromatic carbocycles. The molecular formula is C23H33N3O5S. The van der Waals surface area contributed by atoms with Gasteiger partial charge in [-0.2, -0.15) is 11.3 Å². The lowest BCUT2D eigenvalue weighted by atomic mass is 10.0. The molecule has 1 heterocycles. The highest BCUT2D eigenvalue weighted by Crippen LogP contribution is 2.38. The summed E-state index contributed by atoms with van der Waals surface area (Å²) >= 11 is 1.62. The van der Waals surface area contributed by atoms with Crippen LogP contribution >= 0.6 is 11.3 Å². The Morgan fingerprint density at radius 1 is 1.06 bits per heavy atom. The van der Waals surface area contributed by atoms with Crippen LogP contribution in [0.15, 0.2) is 29.0 Å². The Morgan fingerprint density at radius 2 is 1.69 bits per heavy atom. The second-order valence-corrected chi connectivity index (χ2v) is 8.67. The fourth-order valence-corrected chi connectivity index (χ4v) is 4.05. The number of amides is 2. The second kappa shape index (κ2) is 11.7. The van der Waals surface area contributed by atoms with Crippen LogP contribution in [0.4, 0.5) is 0 Å². The summed E-state index contributed by atoms with van der Waals surface area (Å²) in [6.45, 7) is 4.22. The molecule has 2 amide bonds. The average Bonchev–Trinajstić information content (AvgIpc) is 3.29. The number of benzene rings is 1. The zero-order chi connectivity index (χ0) is 23.8. The minimum atomic E-state index is -0.702. The van der Waals surface area contributed by atoms with Gasteiger partial charge in [-0.3, -0.25) is 9.59 Å². The summed E-state index contributed by atoms with van der Waals surface area (Å²) in [7, 11) is 8.41. The van der Waals surface area contributed by atoms with Crippen molar-refractivity contribution >= 4 is 23.2 Å². The van der Waals surface area contributed by atoms with Crippen molar-refractivity contribution in [2.75, 3.05) is 42.0 Å². The van der Waals surface area contributed by atoms with Gasteiger partial charge in [0.05, 0.1) is 27.4 Å². The van der Waals surface area contributed by atoms with E-state index in [4.69, 9.17) is 14.2 Å². The molecule has 0 aliphatic heterocycles.